The fourth-order valence-corrected chi connectivity index (χ4v) is 2.28. The molecule has 2 aromatic heterocycles. The smallest absolute Gasteiger partial charge is 0.276 e. The van der Waals surface area contributed by atoms with Crippen LogP contribution < -0.4 is 5.56 Å². The van der Waals surface area contributed by atoms with Gasteiger partial charge in [0.25, 0.3) is 5.56 Å². The van der Waals surface area contributed by atoms with E-state index in [0.717, 1.165) is 17.5 Å². The molecule has 3 aromatic rings. The van der Waals surface area contributed by atoms with Gasteiger partial charge in [-0.05, 0) is 29.7 Å². The van der Waals surface area contributed by atoms with Gasteiger partial charge in [-0.1, -0.05) is 37.3 Å². The molecule has 0 N–H and O–H groups in total. The van der Waals surface area contributed by atoms with E-state index < -0.39 is 0 Å². The minimum atomic E-state index is -0.143. The zero-order valence-electron chi connectivity index (χ0n) is 11.4. The van der Waals surface area contributed by atoms with E-state index in [1.807, 2.05) is 35.0 Å². The number of fused-ring (bicyclic) bond motifs is 1. The van der Waals surface area contributed by atoms with E-state index >= 15 is 0 Å². The Labute approximate surface area is 117 Å². The highest BCUT2D eigenvalue weighted by Crippen LogP contribution is 2.09. The Morgan fingerprint density at radius 3 is 2.55 bits per heavy atom. The third kappa shape index (κ3) is 2.48. The number of aromatic nitrogens is 2. The van der Waals surface area contributed by atoms with Crippen LogP contribution in [0.2, 0.25) is 0 Å². The first kappa shape index (κ1) is 12.6. The Kier molecular flexibility index (Phi) is 3.33. The topological polar surface area (TPSA) is 34.4 Å². The number of nitrogens with zero attached hydrogens (tertiary/aromatic N) is 2. The van der Waals surface area contributed by atoms with Gasteiger partial charge < -0.3 is 4.40 Å². The van der Waals surface area contributed by atoms with Crippen molar-refractivity contribution < 1.29 is 0 Å². The van der Waals surface area contributed by atoms with E-state index in [-0.39, 0.29) is 5.56 Å². The maximum Gasteiger partial charge on any atom is 0.276 e. The largest absolute Gasteiger partial charge is 0.308 e. The third-order valence-corrected chi connectivity index (χ3v) is 3.48. The second kappa shape index (κ2) is 5.29. The Hall–Kier alpha value is -2.42. The lowest BCUT2D eigenvalue weighted by atomic mass is 10.0. The summed E-state index contributed by atoms with van der Waals surface area (Å²) in [6.45, 7) is 2.13. The first-order valence-corrected chi connectivity index (χ1v) is 6.81. The van der Waals surface area contributed by atoms with E-state index in [0.29, 0.717) is 12.1 Å². The van der Waals surface area contributed by atoms with Gasteiger partial charge in [0.2, 0.25) is 0 Å². The van der Waals surface area contributed by atoms with Crippen molar-refractivity contribution in [3.63, 3.8) is 0 Å². The summed E-state index contributed by atoms with van der Waals surface area (Å²) in [5, 5.41) is 0. The van der Waals surface area contributed by atoms with Crippen molar-refractivity contribution in [2.24, 2.45) is 0 Å². The minimum absolute atomic E-state index is 0.143. The quantitative estimate of drug-likeness (QED) is 0.729. The van der Waals surface area contributed by atoms with Crippen molar-refractivity contribution in [1.82, 2.24) is 9.38 Å². The van der Waals surface area contributed by atoms with Crippen molar-refractivity contribution in [3.05, 3.63) is 81.9 Å². The molecule has 0 unspecified atom stereocenters. The minimum Gasteiger partial charge on any atom is -0.308 e. The maximum absolute atomic E-state index is 12.0. The molecule has 0 spiro atoms. The highest BCUT2D eigenvalue weighted by atomic mass is 16.1. The van der Waals surface area contributed by atoms with Crippen molar-refractivity contribution >= 4 is 5.65 Å². The van der Waals surface area contributed by atoms with Crippen molar-refractivity contribution in [1.29, 1.82) is 0 Å². The number of hydrogen-bond acceptors (Lipinski definition) is 2. The molecule has 0 aliphatic carbocycles. The Morgan fingerprint density at radius 1 is 1.05 bits per heavy atom. The summed E-state index contributed by atoms with van der Waals surface area (Å²) in [6.07, 6.45) is 5.43. The molecule has 20 heavy (non-hydrogen) atoms. The molecule has 3 rings (SSSR count). The van der Waals surface area contributed by atoms with E-state index in [1.165, 1.54) is 5.56 Å². The first-order chi connectivity index (χ1) is 9.76. The summed E-state index contributed by atoms with van der Waals surface area (Å²) < 4.78 is 1.89. The second-order valence-electron chi connectivity index (χ2n) is 4.88. The van der Waals surface area contributed by atoms with Gasteiger partial charge in [-0.15, -0.1) is 0 Å². The molecule has 0 saturated heterocycles. The third-order valence-electron chi connectivity index (χ3n) is 3.48. The SMILES string of the molecule is CCc1ccc(Cc2cn3ccccc3nc2=O)cc1. The van der Waals surface area contributed by atoms with Crippen LogP contribution >= 0.6 is 0 Å². The van der Waals surface area contributed by atoms with E-state index in [4.69, 9.17) is 0 Å². The van der Waals surface area contributed by atoms with Gasteiger partial charge in [-0.25, -0.2) is 0 Å². The molecule has 0 radical (unpaired) electrons. The number of hydrogen-bond donors (Lipinski definition) is 0. The zero-order valence-corrected chi connectivity index (χ0v) is 11.4. The molecule has 0 atom stereocenters. The van der Waals surface area contributed by atoms with Crippen LogP contribution in [0, 0.1) is 0 Å². The number of benzene rings is 1. The van der Waals surface area contributed by atoms with Crippen LogP contribution in [-0.4, -0.2) is 9.38 Å². The molecule has 2 heterocycles. The lowest BCUT2D eigenvalue weighted by Crippen LogP contribution is -2.15. The van der Waals surface area contributed by atoms with Gasteiger partial charge in [-0.2, -0.15) is 4.98 Å². The van der Waals surface area contributed by atoms with Crippen LogP contribution in [0.5, 0.6) is 0 Å². The molecule has 0 aliphatic heterocycles. The Morgan fingerprint density at radius 2 is 1.80 bits per heavy atom. The lowest BCUT2D eigenvalue weighted by Gasteiger charge is -2.05. The van der Waals surface area contributed by atoms with Gasteiger partial charge in [0.05, 0.1) is 0 Å². The summed E-state index contributed by atoms with van der Waals surface area (Å²) in [5.41, 5.74) is 3.70. The standard InChI is InChI=1S/C17H16N2O/c1-2-13-6-8-14(9-7-13)11-15-12-19-10-4-3-5-16(19)18-17(15)20/h3-10,12H,2,11H2,1H3. The van der Waals surface area contributed by atoms with E-state index in [1.54, 1.807) is 0 Å². The van der Waals surface area contributed by atoms with Crippen LogP contribution in [-0.2, 0) is 12.8 Å². The summed E-state index contributed by atoms with van der Waals surface area (Å²) >= 11 is 0. The van der Waals surface area contributed by atoms with Gasteiger partial charge >= 0.3 is 0 Å². The summed E-state index contributed by atoms with van der Waals surface area (Å²) in [4.78, 5) is 16.1. The van der Waals surface area contributed by atoms with Gasteiger partial charge in [-0.3, -0.25) is 4.79 Å². The predicted octanol–water partition coefficient (Wildman–Crippen LogP) is 2.85. The van der Waals surface area contributed by atoms with Crippen LogP contribution in [0.15, 0.2) is 59.7 Å². The molecule has 0 aliphatic rings. The van der Waals surface area contributed by atoms with Crippen LogP contribution in [0.1, 0.15) is 23.6 Å². The molecular weight excluding hydrogens is 248 g/mol. The van der Waals surface area contributed by atoms with Crippen LogP contribution in [0.25, 0.3) is 5.65 Å². The lowest BCUT2D eigenvalue weighted by molar-refractivity contribution is 1.00. The first-order valence-electron chi connectivity index (χ1n) is 6.81. The molecule has 0 saturated carbocycles. The number of rotatable bonds is 3. The van der Waals surface area contributed by atoms with Crippen LogP contribution in [0.3, 0.4) is 0 Å². The average Bonchev–Trinajstić information content (AvgIpc) is 2.49. The molecule has 0 fully saturated rings. The van der Waals surface area contributed by atoms with Gasteiger partial charge in [0.15, 0.2) is 0 Å². The van der Waals surface area contributed by atoms with Crippen LogP contribution in [0.4, 0.5) is 0 Å². The molecule has 3 nitrogen and oxygen atoms in total. The van der Waals surface area contributed by atoms with E-state index in [9.17, 15) is 4.79 Å². The van der Waals surface area contributed by atoms with Gasteiger partial charge in [0.1, 0.15) is 5.65 Å². The van der Waals surface area contributed by atoms with Crippen molar-refractivity contribution in [3.8, 4) is 0 Å². The van der Waals surface area contributed by atoms with Crippen molar-refractivity contribution in [2.45, 2.75) is 19.8 Å². The predicted molar refractivity (Wildman–Crippen MR) is 80.1 cm³/mol. The fourth-order valence-electron chi connectivity index (χ4n) is 2.28. The Balaban J connectivity index is 1.97. The second-order valence-corrected chi connectivity index (χ2v) is 4.88. The summed E-state index contributed by atoms with van der Waals surface area (Å²) in [6, 6.07) is 14.0. The number of pyridine rings is 1. The molecule has 1 aromatic carbocycles. The number of aryl methyl sites for hydroxylation is 1. The van der Waals surface area contributed by atoms with Gasteiger partial charge in [0, 0.05) is 24.4 Å². The highest BCUT2D eigenvalue weighted by molar-refractivity contribution is 5.38. The van der Waals surface area contributed by atoms with Crippen molar-refractivity contribution in [2.75, 3.05) is 0 Å². The van der Waals surface area contributed by atoms with E-state index in [2.05, 4.69) is 36.2 Å². The normalized spacial score (nSPS) is 10.8. The summed E-state index contributed by atoms with van der Waals surface area (Å²) in [7, 11) is 0. The summed E-state index contributed by atoms with van der Waals surface area (Å²) in [5.74, 6) is 0. The fraction of sp³-hybridized carbons (Fsp3) is 0.176. The molecule has 3 heteroatoms. The monoisotopic (exact) mass is 264 g/mol. The molecular formula is C17H16N2O. The molecule has 0 amide bonds. The zero-order chi connectivity index (χ0) is 13.9. The molecule has 0 bridgehead atoms. The molecule has 100 valence electrons. The average molecular weight is 264 g/mol. The highest BCUT2D eigenvalue weighted by Gasteiger charge is 2.04. The Bertz CT molecular complexity index is 788. The maximum atomic E-state index is 12.0.